The maximum absolute atomic E-state index is 12.1. The molecule has 1 atom stereocenters. The Morgan fingerprint density at radius 3 is 2.74 bits per heavy atom. The van der Waals surface area contributed by atoms with E-state index in [1.54, 1.807) is 25.1 Å². The maximum Gasteiger partial charge on any atom is 0.360 e. The third-order valence-electron chi connectivity index (χ3n) is 3.40. The molecule has 0 saturated heterocycles. The second kappa shape index (κ2) is 6.68. The van der Waals surface area contributed by atoms with Crippen LogP contribution in [0.15, 0.2) is 18.2 Å². The first-order valence-corrected chi connectivity index (χ1v) is 7.52. The molecule has 124 valence electrons. The van der Waals surface area contributed by atoms with E-state index in [1.807, 2.05) is 6.92 Å². The zero-order chi connectivity index (χ0) is 17.0. The van der Waals surface area contributed by atoms with Crippen LogP contribution < -0.4 is 15.4 Å². The van der Waals surface area contributed by atoms with E-state index in [-0.39, 0.29) is 12.5 Å². The van der Waals surface area contributed by atoms with E-state index in [4.69, 9.17) is 9.47 Å². The van der Waals surface area contributed by atoms with Crippen molar-refractivity contribution in [2.45, 2.75) is 39.2 Å². The Morgan fingerprint density at radius 2 is 2.09 bits per heavy atom. The van der Waals surface area contributed by atoms with Crippen molar-refractivity contribution in [3.8, 4) is 5.75 Å². The van der Waals surface area contributed by atoms with Gasteiger partial charge in [0.2, 0.25) is 5.91 Å². The molecule has 0 spiro atoms. The number of carbonyl (C=O) groups excluding carboxylic acids is 3. The monoisotopic (exact) mass is 320 g/mol. The largest absolute Gasteiger partial charge is 0.464 e. The van der Waals surface area contributed by atoms with E-state index in [1.165, 1.54) is 6.92 Å². The lowest BCUT2D eigenvalue weighted by Gasteiger charge is -2.32. The molecular formula is C16H20N2O5. The molecule has 1 aliphatic heterocycles. The Morgan fingerprint density at radius 1 is 1.35 bits per heavy atom. The Hall–Kier alpha value is -2.57. The van der Waals surface area contributed by atoms with Crippen molar-refractivity contribution in [2.24, 2.45) is 0 Å². The Balaban J connectivity index is 2.25. The number of hydrogen-bond acceptors (Lipinski definition) is 5. The van der Waals surface area contributed by atoms with Crippen molar-refractivity contribution < 1.29 is 23.9 Å². The molecule has 0 unspecified atom stereocenters. The van der Waals surface area contributed by atoms with Gasteiger partial charge in [0, 0.05) is 18.2 Å². The number of benzene rings is 1. The van der Waals surface area contributed by atoms with E-state index >= 15 is 0 Å². The van der Waals surface area contributed by atoms with Crippen LogP contribution in [0.4, 0.5) is 11.4 Å². The first-order chi connectivity index (χ1) is 10.9. The molecule has 2 N–H and O–H groups in total. The van der Waals surface area contributed by atoms with Crippen molar-refractivity contribution in [1.29, 1.82) is 0 Å². The molecule has 2 amide bonds. The average molecular weight is 320 g/mol. The topological polar surface area (TPSA) is 93.7 Å². The van der Waals surface area contributed by atoms with Crippen molar-refractivity contribution in [2.75, 3.05) is 17.2 Å². The van der Waals surface area contributed by atoms with Gasteiger partial charge < -0.3 is 20.1 Å². The summed E-state index contributed by atoms with van der Waals surface area (Å²) in [6.07, 6.45) is 1.15. The van der Waals surface area contributed by atoms with Crippen LogP contribution in [-0.4, -0.2) is 30.0 Å². The highest BCUT2D eigenvalue weighted by Crippen LogP contribution is 2.36. The SMILES string of the molecule is CCCC(=O)Nc1ccc2c(c1)O[C@](C)(C(=O)OCC)C(=O)N2. The van der Waals surface area contributed by atoms with E-state index in [2.05, 4.69) is 10.6 Å². The van der Waals surface area contributed by atoms with Gasteiger partial charge in [-0.15, -0.1) is 0 Å². The molecule has 1 aromatic rings. The first-order valence-electron chi connectivity index (χ1n) is 7.52. The third-order valence-corrected chi connectivity index (χ3v) is 3.40. The van der Waals surface area contributed by atoms with Crippen LogP contribution in [0.1, 0.15) is 33.6 Å². The first kappa shape index (κ1) is 16.8. The Kier molecular flexibility index (Phi) is 4.88. The van der Waals surface area contributed by atoms with Gasteiger partial charge in [0.15, 0.2) is 0 Å². The molecule has 2 rings (SSSR count). The van der Waals surface area contributed by atoms with E-state index in [9.17, 15) is 14.4 Å². The van der Waals surface area contributed by atoms with Crippen LogP contribution in [0, 0.1) is 0 Å². The van der Waals surface area contributed by atoms with Gasteiger partial charge in [0.25, 0.3) is 11.5 Å². The number of fused-ring (bicyclic) bond motifs is 1. The van der Waals surface area contributed by atoms with Crippen LogP contribution in [0.3, 0.4) is 0 Å². The van der Waals surface area contributed by atoms with Gasteiger partial charge in [-0.3, -0.25) is 9.59 Å². The summed E-state index contributed by atoms with van der Waals surface area (Å²) >= 11 is 0. The normalized spacial score (nSPS) is 19.2. The fourth-order valence-electron chi connectivity index (χ4n) is 2.15. The zero-order valence-corrected chi connectivity index (χ0v) is 13.4. The minimum absolute atomic E-state index is 0.111. The molecule has 0 aromatic heterocycles. The summed E-state index contributed by atoms with van der Waals surface area (Å²) in [7, 11) is 0. The lowest BCUT2D eigenvalue weighted by Crippen LogP contribution is -2.55. The van der Waals surface area contributed by atoms with Gasteiger partial charge in [0.05, 0.1) is 12.3 Å². The number of anilines is 2. The molecule has 1 aromatic carbocycles. The quantitative estimate of drug-likeness (QED) is 0.640. The van der Waals surface area contributed by atoms with E-state index in [0.717, 1.165) is 6.42 Å². The minimum atomic E-state index is -1.75. The number of amides is 2. The molecule has 0 saturated carbocycles. The second-order valence-corrected chi connectivity index (χ2v) is 5.32. The van der Waals surface area contributed by atoms with Gasteiger partial charge in [-0.25, -0.2) is 4.79 Å². The van der Waals surface area contributed by atoms with Gasteiger partial charge in [-0.1, -0.05) is 6.92 Å². The molecular weight excluding hydrogens is 300 g/mol. The van der Waals surface area contributed by atoms with Crippen molar-refractivity contribution >= 4 is 29.2 Å². The highest BCUT2D eigenvalue weighted by molar-refractivity contribution is 6.14. The molecule has 0 fully saturated rings. The Labute approximate surface area is 134 Å². The summed E-state index contributed by atoms with van der Waals surface area (Å²) in [5.74, 6) is -1.16. The average Bonchev–Trinajstić information content (AvgIpc) is 2.49. The number of carbonyl (C=O) groups is 3. The summed E-state index contributed by atoms with van der Waals surface area (Å²) in [6, 6.07) is 4.84. The highest BCUT2D eigenvalue weighted by atomic mass is 16.6. The number of esters is 1. The standard InChI is InChI=1S/C16H20N2O5/c1-4-6-13(19)17-10-7-8-11-12(9-10)23-16(3,14(20)18-11)15(21)22-5-2/h7-9H,4-6H2,1-3H3,(H,17,19)(H,18,20)/t16-/m0/s1. The lowest BCUT2D eigenvalue weighted by atomic mass is 10.0. The van der Waals surface area contributed by atoms with Gasteiger partial charge >= 0.3 is 5.97 Å². The number of nitrogens with one attached hydrogen (secondary N) is 2. The maximum atomic E-state index is 12.1. The number of hydrogen-bond donors (Lipinski definition) is 2. The fraction of sp³-hybridized carbons (Fsp3) is 0.438. The third kappa shape index (κ3) is 3.44. The van der Waals surface area contributed by atoms with Crippen LogP contribution >= 0.6 is 0 Å². The van der Waals surface area contributed by atoms with Crippen LogP contribution in [-0.2, 0) is 19.1 Å². The summed E-state index contributed by atoms with van der Waals surface area (Å²) < 4.78 is 10.5. The molecule has 7 heteroatoms. The summed E-state index contributed by atoms with van der Waals surface area (Å²) in [4.78, 5) is 35.8. The molecule has 23 heavy (non-hydrogen) atoms. The predicted octanol–water partition coefficient (Wildman–Crippen LogP) is 2.08. The zero-order valence-electron chi connectivity index (χ0n) is 13.4. The molecule has 0 bridgehead atoms. The molecule has 7 nitrogen and oxygen atoms in total. The Bertz CT molecular complexity index is 643. The van der Waals surface area contributed by atoms with E-state index in [0.29, 0.717) is 23.5 Å². The van der Waals surface area contributed by atoms with Gasteiger partial charge in [-0.05, 0) is 32.4 Å². The minimum Gasteiger partial charge on any atom is -0.464 e. The van der Waals surface area contributed by atoms with Crippen molar-refractivity contribution in [1.82, 2.24) is 0 Å². The van der Waals surface area contributed by atoms with Crippen LogP contribution in [0.2, 0.25) is 0 Å². The summed E-state index contributed by atoms with van der Waals surface area (Å²) in [5.41, 5.74) is -0.787. The molecule has 1 aliphatic rings. The summed E-state index contributed by atoms with van der Waals surface area (Å²) in [5, 5.41) is 5.36. The fourth-order valence-corrected chi connectivity index (χ4v) is 2.15. The number of rotatable bonds is 5. The van der Waals surface area contributed by atoms with E-state index < -0.39 is 17.5 Å². The van der Waals surface area contributed by atoms with Crippen LogP contribution in [0.5, 0.6) is 5.75 Å². The highest BCUT2D eigenvalue weighted by Gasteiger charge is 2.48. The van der Waals surface area contributed by atoms with Crippen LogP contribution in [0.25, 0.3) is 0 Å². The lowest BCUT2D eigenvalue weighted by molar-refractivity contribution is -0.165. The van der Waals surface area contributed by atoms with Crippen molar-refractivity contribution in [3.05, 3.63) is 18.2 Å². The molecule has 0 radical (unpaired) electrons. The van der Waals surface area contributed by atoms with Gasteiger partial charge in [-0.2, -0.15) is 0 Å². The smallest absolute Gasteiger partial charge is 0.360 e. The predicted molar refractivity (Wildman–Crippen MR) is 84.3 cm³/mol. The van der Waals surface area contributed by atoms with Crippen molar-refractivity contribution in [3.63, 3.8) is 0 Å². The molecule has 1 heterocycles. The second-order valence-electron chi connectivity index (χ2n) is 5.32. The number of ether oxygens (including phenoxy) is 2. The molecule has 0 aliphatic carbocycles. The summed E-state index contributed by atoms with van der Waals surface area (Å²) in [6.45, 7) is 5.06. The van der Waals surface area contributed by atoms with Gasteiger partial charge in [0.1, 0.15) is 5.75 Å².